The lowest BCUT2D eigenvalue weighted by Gasteiger charge is -2.17. The molecule has 6 heteroatoms. The van der Waals surface area contributed by atoms with Crippen molar-refractivity contribution < 1.29 is 4.79 Å². The van der Waals surface area contributed by atoms with Gasteiger partial charge in [-0.25, -0.2) is 5.10 Å². The number of nitrogens with zero attached hydrogens (tertiary/aromatic N) is 1. The van der Waals surface area contributed by atoms with Crippen molar-refractivity contribution in [3.05, 3.63) is 45.7 Å². The molecular formula is C21H24N4O2. The summed E-state index contributed by atoms with van der Waals surface area (Å²) in [5, 5.41) is 12.9. The number of nitrogens with one attached hydrogen (secondary N) is 3. The van der Waals surface area contributed by atoms with Crippen molar-refractivity contribution in [2.24, 2.45) is 0 Å². The fourth-order valence-electron chi connectivity index (χ4n) is 3.40. The summed E-state index contributed by atoms with van der Waals surface area (Å²) < 4.78 is 0. The SMILES string of the molecule is C#CCNCCCC(=O)Nc1cccc(-c2n[nH]c(=O)c3c2CCCC3)c1. The second kappa shape index (κ2) is 9.15. The first-order chi connectivity index (χ1) is 13.2. The largest absolute Gasteiger partial charge is 0.326 e. The van der Waals surface area contributed by atoms with Crippen LogP contribution in [0.25, 0.3) is 11.3 Å². The molecule has 0 radical (unpaired) electrons. The standard InChI is InChI=1S/C21H24N4O2/c1-2-12-22-13-6-11-19(26)23-16-8-5-7-15(14-16)20-17-9-3-4-10-18(17)21(27)25-24-20/h1,5,7-8,14,22H,3-4,6,9-13H2,(H,23,26)(H,25,27). The number of fused-ring (bicyclic) bond motifs is 1. The molecule has 0 bridgehead atoms. The zero-order chi connectivity index (χ0) is 19.1. The Hall–Kier alpha value is -2.91. The van der Waals surface area contributed by atoms with Crippen molar-refractivity contribution >= 4 is 11.6 Å². The van der Waals surface area contributed by atoms with Crippen LogP contribution in [0.2, 0.25) is 0 Å². The number of terminal acetylenes is 1. The van der Waals surface area contributed by atoms with Crippen LogP contribution in [0.1, 0.15) is 36.8 Å². The molecule has 1 aromatic heterocycles. The zero-order valence-electron chi connectivity index (χ0n) is 15.3. The molecule has 0 atom stereocenters. The Bertz CT molecular complexity index is 911. The van der Waals surface area contributed by atoms with E-state index >= 15 is 0 Å². The quantitative estimate of drug-likeness (QED) is 0.519. The van der Waals surface area contributed by atoms with Gasteiger partial charge in [-0.1, -0.05) is 18.1 Å². The Kier molecular flexibility index (Phi) is 6.39. The van der Waals surface area contributed by atoms with Crippen LogP contribution in [0.5, 0.6) is 0 Å². The van der Waals surface area contributed by atoms with Crippen LogP contribution in [0.4, 0.5) is 5.69 Å². The number of anilines is 1. The Labute approximate surface area is 158 Å². The van der Waals surface area contributed by atoms with Gasteiger partial charge in [-0.05, 0) is 56.3 Å². The maximum absolute atomic E-state index is 12.1. The van der Waals surface area contributed by atoms with Gasteiger partial charge in [-0.3, -0.25) is 9.59 Å². The van der Waals surface area contributed by atoms with Crippen LogP contribution < -0.4 is 16.2 Å². The van der Waals surface area contributed by atoms with E-state index in [1.165, 1.54) is 0 Å². The molecule has 3 N–H and O–H groups in total. The molecule has 1 aliphatic carbocycles. The van der Waals surface area contributed by atoms with E-state index < -0.39 is 0 Å². The number of H-pyrrole nitrogens is 1. The van der Waals surface area contributed by atoms with Gasteiger partial charge in [0.05, 0.1) is 12.2 Å². The first kappa shape index (κ1) is 18.9. The van der Waals surface area contributed by atoms with E-state index in [4.69, 9.17) is 6.42 Å². The minimum Gasteiger partial charge on any atom is -0.326 e. The molecule has 3 rings (SSSR count). The number of aromatic nitrogens is 2. The van der Waals surface area contributed by atoms with Gasteiger partial charge in [0.25, 0.3) is 5.56 Å². The van der Waals surface area contributed by atoms with E-state index in [9.17, 15) is 9.59 Å². The summed E-state index contributed by atoms with van der Waals surface area (Å²) in [5.74, 6) is 2.47. The molecular weight excluding hydrogens is 340 g/mol. The minimum atomic E-state index is -0.0867. The molecule has 1 amide bonds. The van der Waals surface area contributed by atoms with Gasteiger partial charge in [0.1, 0.15) is 0 Å². The van der Waals surface area contributed by atoms with E-state index in [2.05, 4.69) is 26.8 Å². The van der Waals surface area contributed by atoms with Gasteiger partial charge in [0.2, 0.25) is 5.91 Å². The molecule has 6 nitrogen and oxygen atoms in total. The maximum Gasteiger partial charge on any atom is 0.267 e. The molecule has 0 unspecified atom stereocenters. The Balaban J connectivity index is 1.71. The summed E-state index contributed by atoms with van der Waals surface area (Å²) in [6.45, 7) is 1.23. The van der Waals surface area contributed by atoms with E-state index in [1.807, 2.05) is 24.3 Å². The molecule has 0 saturated heterocycles. The summed E-state index contributed by atoms with van der Waals surface area (Å²) in [5.41, 5.74) is 4.23. The second-order valence-electron chi connectivity index (χ2n) is 6.68. The number of amides is 1. The van der Waals surface area contributed by atoms with Crippen molar-refractivity contribution in [3.8, 4) is 23.6 Å². The highest BCUT2D eigenvalue weighted by Gasteiger charge is 2.19. The maximum atomic E-state index is 12.1. The van der Waals surface area contributed by atoms with Crippen LogP contribution in [0.15, 0.2) is 29.1 Å². The number of hydrogen-bond donors (Lipinski definition) is 3. The average molecular weight is 364 g/mol. The van der Waals surface area contributed by atoms with Gasteiger partial charge in [-0.15, -0.1) is 6.42 Å². The lowest BCUT2D eigenvalue weighted by Crippen LogP contribution is -2.21. The van der Waals surface area contributed by atoms with E-state index in [1.54, 1.807) is 0 Å². The van der Waals surface area contributed by atoms with Crippen LogP contribution >= 0.6 is 0 Å². The van der Waals surface area contributed by atoms with Crippen molar-refractivity contribution in [3.63, 3.8) is 0 Å². The van der Waals surface area contributed by atoms with E-state index in [0.29, 0.717) is 19.5 Å². The molecule has 140 valence electrons. The highest BCUT2D eigenvalue weighted by Crippen LogP contribution is 2.29. The molecule has 1 aromatic carbocycles. The lowest BCUT2D eigenvalue weighted by atomic mass is 9.90. The molecule has 0 spiro atoms. The summed E-state index contributed by atoms with van der Waals surface area (Å²) in [4.78, 5) is 24.2. The predicted molar refractivity (Wildman–Crippen MR) is 107 cm³/mol. The number of hydrogen-bond acceptors (Lipinski definition) is 4. The molecule has 1 heterocycles. The number of benzene rings is 1. The normalized spacial score (nSPS) is 12.9. The number of aromatic amines is 1. The summed E-state index contributed by atoms with van der Waals surface area (Å²) >= 11 is 0. The summed E-state index contributed by atoms with van der Waals surface area (Å²) in [7, 11) is 0. The number of carbonyl (C=O) groups excluding carboxylic acids is 1. The monoisotopic (exact) mass is 364 g/mol. The van der Waals surface area contributed by atoms with E-state index in [-0.39, 0.29) is 11.5 Å². The number of carbonyl (C=O) groups is 1. The average Bonchev–Trinajstić information content (AvgIpc) is 2.68. The van der Waals surface area contributed by atoms with Gasteiger partial charge < -0.3 is 10.6 Å². The van der Waals surface area contributed by atoms with Crippen LogP contribution in [0.3, 0.4) is 0 Å². The van der Waals surface area contributed by atoms with Crippen molar-refractivity contribution in [1.29, 1.82) is 0 Å². The first-order valence-electron chi connectivity index (χ1n) is 9.34. The third-order valence-electron chi connectivity index (χ3n) is 4.70. The lowest BCUT2D eigenvalue weighted by molar-refractivity contribution is -0.116. The fourth-order valence-corrected chi connectivity index (χ4v) is 3.40. The molecule has 0 fully saturated rings. The molecule has 1 aliphatic rings. The summed E-state index contributed by atoms with van der Waals surface area (Å²) in [6.07, 6.45) is 10.1. The van der Waals surface area contributed by atoms with Gasteiger partial charge in [0.15, 0.2) is 0 Å². The zero-order valence-corrected chi connectivity index (χ0v) is 15.3. The third kappa shape index (κ3) is 4.83. The van der Waals surface area contributed by atoms with Crippen molar-refractivity contribution in [2.45, 2.75) is 38.5 Å². The Morgan fingerprint density at radius 1 is 1.26 bits per heavy atom. The fraction of sp³-hybridized carbons (Fsp3) is 0.381. The molecule has 2 aromatic rings. The van der Waals surface area contributed by atoms with Crippen LogP contribution in [0, 0.1) is 12.3 Å². The van der Waals surface area contributed by atoms with E-state index in [0.717, 1.165) is 60.2 Å². The highest BCUT2D eigenvalue weighted by atomic mass is 16.1. The first-order valence-corrected chi connectivity index (χ1v) is 9.34. The summed E-state index contributed by atoms with van der Waals surface area (Å²) in [6, 6.07) is 7.61. The second-order valence-corrected chi connectivity index (χ2v) is 6.68. The minimum absolute atomic E-state index is 0.0360. The van der Waals surface area contributed by atoms with Crippen LogP contribution in [-0.4, -0.2) is 29.2 Å². The van der Waals surface area contributed by atoms with Gasteiger partial charge in [-0.2, -0.15) is 5.10 Å². The number of rotatable bonds is 7. The molecule has 27 heavy (non-hydrogen) atoms. The van der Waals surface area contributed by atoms with Crippen molar-refractivity contribution in [1.82, 2.24) is 15.5 Å². The smallest absolute Gasteiger partial charge is 0.267 e. The predicted octanol–water partition coefficient (Wildman–Crippen LogP) is 2.26. The highest BCUT2D eigenvalue weighted by molar-refractivity contribution is 5.91. The Morgan fingerprint density at radius 3 is 2.89 bits per heavy atom. The van der Waals surface area contributed by atoms with Gasteiger partial charge >= 0.3 is 0 Å². The van der Waals surface area contributed by atoms with Gasteiger partial charge in [0, 0.05) is 23.2 Å². The molecule has 0 aliphatic heterocycles. The molecule has 0 saturated carbocycles. The van der Waals surface area contributed by atoms with Crippen LogP contribution in [-0.2, 0) is 17.6 Å². The third-order valence-corrected chi connectivity index (χ3v) is 4.70. The topological polar surface area (TPSA) is 86.9 Å². The Morgan fingerprint density at radius 2 is 2.07 bits per heavy atom. The van der Waals surface area contributed by atoms with Crippen molar-refractivity contribution in [2.75, 3.05) is 18.4 Å².